The Morgan fingerprint density at radius 2 is 2.00 bits per heavy atom. The number of halogens is 2. The van der Waals surface area contributed by atoms with Crippen LogP contribution in [-0.4, -0.2) is 35.7 Å². The lowest BCUT2D eigenvalue weighted by molar-refractivity contribution is -0.130. The highest BCUT2D eigenvalue weighted by atomic mass is 35.5. The second-order valence-electron chi connectivity index (χ2n) is 3.34. The summed E-state index contributed by atoms with van der Waals surface area (Å²) < 4.78 is 5.16. The minimum atomic E-state index is 0.0673. The first-order valence-electron chi connectivity index (χ1n) is 5.20. The molecule has 0 radical (unpaired) electrons. The molecule has 1 amide bonds. The molecule has 1 aromatic rings. The van der Waals surface area contributed by atoms with E-state index in [4.69, 9.17) is 27.6 Å². The third-order valence-corrected chi connectivity index (χ3v) is 2.56. The van der Waals surface area contributed by atoms with Crippen molar-refractivity contribution in [3.8, 4) is 0 Å². The fraction of sp³-hybridized carbons (Fsp3) is 0.545. The van der Waals surface area contributed by atoms with Crippen LogP contribution in [0.25, 0.3) is 0 Å². The molecule has 16 heavy (non-hydrogen) atoms. The van der Waals surface area contributed by atoms with Gasteiger partial charge in [0, 0.05) is 37.7 Å². The highest BCUT2D eigenvalue weighted by Gasteiger charge is 2.12. The summed E-state index contributed by atoms with van der Waals surface area (Å²) in [4.78, 5) is 13.5. The number of hydrogen-bond donors (Lipinski definition) is 0. The molecule has 0 fully saturated rings. The maximum atomic E-state index is 11.8. The van der Waals surface area contributed by atoms with Crippen molar-refractivity contribution in [2.45, 2.75) is 12.8 Å². The summed E-state index contributed by atoms with van der Waals surface area (Å²) in [6.07, 6.45) is 2.66. The molecule has 0 saturated heterocycles. The maximum Gasteiger partial charge on any atom is 0.223 e. The summed E-state index contributed by atoms with van der Waals surface area (Å²) >= 11 is 11.2. The first kappa shape index (κ1) is 13.4. The molecule has 0 atom stereocenters. The topological polar surface area (TPSA) is 33.5 Å². The molecule has 1 rings (SSSR count). The maximum absolute atomic E-state index is 11.8. The molecule has 0 saturated carbocycles. The molecule has 0 aromatic carbocycles. The molecular formula is C11H15Cl2NO2. The number of aryl methyl sites for hydroxylation is 1. The Balaban J connectivity index is 2.36. The van der Waals surface area contributed by atoms with Crippen molar-refractivity contribution in [3.63, 3.8) is 0 Å². The number of carbonyl (C=O) groups excluding carboxylic acids is 1. The van der Waals surface area contributed by atoms with Crippen LogP contribution in [0.1, 0.15) is 12.2 Å². The second-order valence-corrected chi connectivity index (χ2v) is 4.09. The zero-order valence-corrected chi connectivity index (χ0v) is 10.5. The lowest BCUT2D eigenvalue weighted by Gasteiger charge is -2.20. The van der Waals surface area contributed by atoms with Crippen LogP contribution in [0.4, 0.5) is 0 Å². The Kier molecular flexibility index (Phi) is 6.34. The number of nitrogens with zero attached hydrogens (tertiary/aromatic N) is 1. The normalized spacial score (nSPS) is 10.4. The molecule has 0 aliphatic carbocycles. The van der Waals surface area contributed by atoms with Gasteiger partial charge < -0.3 is 9.32 Å². The van der Waals surface area contributed by atoms with Crippen molar-refractivity contribution in [3.05, 3.63) is 24.2 Å². The summed E-state index contributed by atoms with van der Waals surface area (Å²) in [6.45, 7) is 1.09. The van der Waals surface area contributed by atoms with Crippen molar-refractivity contribution >= 4 is 29.1 Å². The molecule has 0 N–H and O–H groups in total. The van der Waals surface area contributed by atoms with Crippen LogP contribution in [0.5, 0.6) is 0 Å². The number of furan rings is 1. The number of alkyl halides is 2. The summed E-state index contributed by atoms with van der Waals surface area (Å²) in [5.41, 5.74) is 0. The molecule has 0 bridgehead atoms. The van der Waals surface area contributed by atoms with Crippen LogP contribution in [0.2, 0.25) is 0 Å². The number of carbonyl (C=O) groups is 1. The summed E-state index contributed by atoms with van der Waals surface area (Å²) in [5, 5.41) is 0. The first-order chi connectivity index (χ1) is 7.77. The van der Waals surface area contributed by atoms with Crippen molar-refractivity contribution in [2.75, 3.05) is 24.8 Å². The monoisotopic (exact) mass is 263 g/mol. The lowest BCUT2D eigenvalue weighted by atomic mass is 10.2. The van der Waals surface area contributed by atoms with Gasteiger partial charge in [-0.05, 0) is 12.1 Å². The minimum Gasteiger partial charge on any atom is -0.469 e. The smallest absolute Gasteiger partial charge is 0.223 e. The number of hydrogen-bond acceptors (Lipinski definition) is 2. The van der Waals surface area contributed by atoms with Crippen LogP contribution >= 0.6 is 23.2 Å². The van der Waals surface area contributed by atoms with Crippen molar-refractivity contribution in [2.24, 2.45) is 0 Å². The van der Waals surface area contributed by atoms with E-state index in [9.17, 15) is 4.79 Å². The van der Waals surface area contributed by atoms with Crippen molar-refractivity contribution in [1.82, 2.24) is 4.90 Å². The Bertz CT molecular complexity index is 295. The third-order valence-electron chi connectivity index (χ3n) is 2.23. The Morgan fingerprint density at radius 3 is 2.50 bits per heavy atom. The van der Waals surface area contributed by atoms with Gasteiger partial charge in [0.15, 0.2) is 0 Å². The average Bonchev–Trinajstić information content (AvgIpc) is 2.78. The fourth-order valence-electron chi connectivity index (χ4n) is 1.41. The molecule has 5 heteroatoms. The predicted octanol–water partition coefficient (Wildman–Crippen LogP) is 2.52. The highest BCUT2D eigenvalue weighted by Crippen LogP contribution is 2.06. The zero-order chi connectivity index (χ0) is 11.8. The van der Waals surface area contributed by atoms with Gasteiger partial charge >= 0.3 is 0 Å². The molecular weight excluding hydrogens is 249 g/mol. The van der Waals surface area contributed by atoms with Crippen LogP contribution in [-0.2, 0) is 11.2 Å². The van der Waals surface area contributed by atoms with Crippen LogP contribution in [0, 0.1) is 0 Å². The molecule has 0 spiro atoms. The van der Waals surface area contributed by atoms with Gasteiger partial charge in [-0.3, -0.25) is 4.79 Å². The summed E-state index contributed by atoms with van der Waals surface area (Å²) in [7, 11) is 0. The van der Waals surface area contributed by atoms with Crippen molar-refractivity contribution in [1.29, 1.82) is 0 Å². The summed E-state index contributed by atoms with van der Waals surface area (Å²) in [5.74, 6) is 1.76. The van der Waals surface area contributed by atoms with Gasteiger partial charge in [-0.25, -0.2) is 0 Å². The SMILES string of the molecule is O=C(CCc1ccco1)N(CCCl)CCCl. The quantitative estimate of drug-likeness (QED) is 0.709. The van der Waals surface area contributed by atoms with E-state index in [1.54, 1.807) is 11.2 Å². The Morgan fingerprint density at radius 1 is 1.31 bits per heavy atom. The van der Waals surface area contributed by atoms with Crippen LogP contribution < -0.4 is 0 Å². The van der Waals surface area contributed by atoms with E-state index in [0.717, 1.165) is 5.76 Å². The highest BCUT2D eigenvalue weighted by molar-refractivity contribution is 6.18. The van der Waals surface area contributed by atoms with Gasteiger partial charge in [-0.15, -0.1) is 23.2 Å². The van der Waals surface area contributed by atoms with Crippen molar-refractivity contribution < 1.29 is 9.21 Å². The number of rotatable bonds is 7. The standard InChI is InChI=1S/C11H15Cl2NO2/c12-5-7-14(8-6-13)11(15)4-3-10-2-1-9-16-10/h1-2,9H,3-8H2. The average molecular weight is 264 g/mol. The van der Waals surface area contributed by atoms with E-state index in [1.165, 1.54) is 0 Å². The molecule has 0 aliphatic heterocycles. The molecule has 1 aromatic heterocycles. The predicted molar refractivity (Wildman–Crippen MR) is 65.0 cm³/mol. The molecule has 1 heterocycles. The van der Waals surface area contributed by atoms with Gasteiger partial charge in [0.1, 0.15) is 5.76 Å². The van der Waals surface area contributed by atoms with E-state index in [-0.39, 0.29) is 5.91 Å². The Labute approximate surface area is 105 Å². The minimum absolute atomic E-state index is 0.0673. The van der Waals surface area contributed by atoms with Gasteiger partial charge in [0.05, 0.1) is 6.26 Å². The number of amides is 1. The van der Waals surface area contributed by atoms with E-state index >= 15 is 0 Å². The molecule has 0 unspecified atom stereocenters. The van der Waals surface area contributed by atoms with E-state index in [2.05, 4.69) is 0 Å². The van der Waals surface area contributed by atoms with E-state index < -0.39 is 0 Å². The first-order valence-corrected chi connectivity index (χ1v) is 6.27. The molecule has 90 valence electrons. The Hall–Kier alpha value is -0.670. The van der Waals surface area contributed by atoms with E-state index in [1.807, 2.05) is 12.1 Å². The molecule has 3 nitrogen and oxygen atoms in total. The molecule has 0 aliphatic rings. The fourth-order valence-corrected chi connectivity index (χ4v) is 1.82. The third kappa shape index (κ3) is 4.45. The second kappa shape index (κ2) is 7.58. The van der Waals surface area contributed by atoms with E-state index in [0.29, 0.717) is 37.7 Å². The lowest BCUT2D eigenvalue weighted by Crippen LogP contribution is -2.34. The van der Waals surface area contributed by atoms with Gasteiger partial charge in [-0.2, -0.15) is 0 Å². The van der Waals surface area contributed by atoms with Gasteiger partial charge in [0.25, 0.3) is 0 Å². The van der Waals surface area contributed by atoms with Crippen LogP contribution in [0.15, 0.2) is 22.8 Å². The zero-order valence-electron chi connectivity index (χ0n) is 8.99. The largest absolute Gasteiger partial charge is 0.469 e. The van der Waals surface area contributed by atoms with Crippen LogP contribution in [0.3, 0.4) is 0 Å². The van der Waals surface area contributed by atoms with Gasteiger partial charge in [-0.1, -0.05) is 0 Å². The van der Waals surface area contributed by atoms with Gasteiger partial charge in [0.2, 0.25) is 5.91 Å². The summed E-state index contributed by atoms with van der Waals surface area (Å²) in [6, 6.07) is 3.68.